The van der Waals surface area contributed by atoms with Crippen LogP contribution in [0.5, 0.6) is 0 Å². The monoisotopic (exact) mass is 284 g/mol. The Morgan fingerprint density at radius 3 is 2.85 bits per heavy atom. The Bertz CT molecular complexity index is 869. The summed E-state index contributed by atoms with van der Waals surface area (Å²) < 4.78 is 7.64. The number of rotatable bonds is 2. The Balaban J connectivity index is 1.89. The smallest absolute Gasteiger partial charge is 0.235 e. The van der Waals surface area contributed by atoms with Gasteiger partial charge in [-0.2, -0.15) is 4.52 Å². The summed E-state index contributed by atoms with van der Waals surface area (Å²) in [6.45, 7) is 4.16. The molecule has 0 fully saturated rings. The molecule has 0 radical (unpaired) electrons. The van der Waals surface area contributed by atoms with E-state index in [1.807, 2.05) is 30.3 Å². The second-order valence-electron chi connectivity index (χ2n) is 4.96. The molecule has 0 unspecified atom stereocenters. The lowest BCUT2D eigenvalue weighted by Crippen LogP contribution is -1.97. The highest BCUT2D eigenvalue weighted by atomic mass is 32.1. The molecule has 0 aliphatic carbocycles. The van der Waals surface area contributed by atoms with Gasteiger partial charge in [0, 0.05) is 11.3 Å². The maximum absolute atomic E-state index is 5.84. The summed E-state index contributed by atoms with van der Waals surface area (Å²) in [5, 5.41) is 14.8. The lowest BCUT2D eigenvalue weighted by atomic mass is 10.2. The molecule has 0 amide bonds. The van der Waals surface area contributed by atoms with Crippen molar-refractivity contribution in [1.29, 1.82) is 0 Å². The van der Waals surface area contributed by atoms with Crippen LogP contribution in [0.1, 0.15) is 25.6 Å². The summed E-state index contributed by atoms with van der Waals surface area (Å²) in [6, 6.07) is 9.96. The largest absolute Gasteiger partial charge is 0.453 e. The van der Waals surface area contributed by atoms with Crippen molar-refractivity contribution in [3.05, 3.63) is 36.2 Å². The first kappa shape index (κ1) is 11.6. The van der Waals surface area contributed by atoms with Gasteiger partial charge < -0.3 is 4.42 Å². The van der Waals surface area contributed by atoms with Gasteiger partial charge in [-0.25, -0.2) is 0 Å². The third-order valence-electron chi connectivity index (χ3n) is 3.17. The van der Waals surface area contributed by atoms with Crippen LogP contribution in [0.15, 0.2) is 34.7 Å². The molecular weight excluding hydrogens is 272 g/mol. The summed E-state index contributed by atoms with van der Waals surface area (Å²) in [5.41, 5.74) is 0.873. The number of hydrogen-bond donors (Lipinski definition) is 0. The van der Waals surface area contributed by atoms with Crippen LogP contribution in [0.4, 0.5) is 0 Å². The van der Waals surface area contributed by atoms with Crippen LogP contribution in [0, 0.1) is 0 Å². The average molecular weight is 284 g/mol. The van der Waals surface area contributed by atoms with Crippen LogP contribution < -0.4 is 0 Å². The van der Waals surface area contributed by atoms with E-state index in [2.05, 4.69) is 29.1 Å². The summed E-state index contributed by atoms with van der Waals surface area (Å²) in [5.74, 6) is 1.94. The number of fused-ring (bicyclic) bond motifs is 2. The number of benzene rings is 1. The third kappa shape index (κ3) is 1.65. The zero-order valence-electron chi connectivity index (χ0n) is 11.1. The highest BCUT2D eigenvalue weighted by Gasteiger charge is 2.17. The number of furan rings is 1. The van der Waals surface area contributed by atoms with Gasteiger partial charge in [-0.05, 0) is 12.1 Å². The van der Waals surface area contributed by atoms with Gasteiger partial charge in [0.2, 0.25) is 4.96 Å². The first-order chi connectivity index (χ1) is 9.72. The van der Waals surface area contributed by atoms with Crippen LogP contribution in [0.3, 0.4) is 0 Å². The fourth-order valence-corrected chi connectivity index (χ4v) is 2.98. The fraction of sp³-hybridized carbons (Fsp3) is 0.214. The van der Waals surface area contributed by atoms with Crippen LogP contribution in [0.2, 0.25) is 0 Å². The van der Waals surface area contributed by atoms with Crippen molar-refractivity contribution in [1.82, 2.24) is 19.8 Å². The molecule has 0 N–H and O–H groups in total. The average Bonchev–Trinajstić information content (AvgIpc) is 3.10. The van der Waals surface area contributed by atoms with E-state index in [0.717, 1.165) is 32.5 Å². The molecule has 0 bridgehead atoms. The number of hydrogen-bond acceptors (Lipinski definition) is 5. The molecule has 0 aliphatic heterocycles. The first-order valence-electron chi connectivity index (χ1n) is 6.43. The molecule has 100 valence electrons. The van der Waals surface area contributed by atoms with Crippen molar-refractivity contribution >= 4 is 27.3 Å². The lowest BCUT2D eigenvalue weighted by molar-refractivity contribution is 0.627. The molecule has 4 rings (SSSR count). The van der Waals surface area contributed by atoms with Gasteiger partial charge >= 0.3 is 0 Å². The Kier molecular flexibility index (Phi) is 2.40. The minimum atomic E-state index is 0.288. The maximum atomic E-state index is 5.84. The van der Waals surface area contributed by atoms with Gasteiger partial charge in [0.25, 0.3) is 0 Å². The normalized spacial score (nSPS) is 11.9. The second-order valence-corrected chi connectivity index (χ2v) is 5.92. The van der Waals surface area contributed by atoms with E-state index in [-0.39, 0.29) is 5.92 Å². The van der Waals surface area contributed by atoms with E-state index >= 15 is 0 Å². The molecule has 3 heterocycles. The van der Waals surface area contributed by atoms with Crippen molar-refractivity contribution in [2.45, 2.75) is 19.8 Å². The molecule has 0 aliphatic rings. The van der Waals surface area contributed by atoms with E-state index in [1.165, 1.54) is 11.3 Å². The Hall–Kier alpha value is -2.21. The van der Waals surface area contributed by atoms with Gasteiger partial charge in [-0.1, -0.05) is 43.4 Å². The topological polar surface area (TPSA) is 56.2 Å². The zero-order chi connectivity index (χ0) is 13.7. The predicted octanol–water partition coefficient (Wildman–Crippen LogP) is 3.72. The highest BCUT2D eigenvalue weighted by Crippen LogP contribution is 2.31. The lowest BCUT2D eigenvalue weighted by Gasteiger charge is -1.97. The summed E-state index contributed by atoms with van der Waals surface area (Å²) in [6.07, 6.45) is 0. The maximum Gasteiger partial charge on any atom is 0.235 e. The summed E-state index contributed by atoms with van der Waals surface area (Å²) >= 11 is 1.49. The van der Waals surface area contributed by atoms with Crippen LogP contribution in [0.25, 0.3) is 26.7 Å². The highest BCUT2D eigenvalue weighted by molar-refractivity contribution is 7.19. The van der Waals surface area contributed by atoms with E-state index in [9.17, 15) is 0 Å². The molecule has 20 heavy (non-hydrogen) atoms. The number of aromatic nitrogens is 4. The van der Waals surface area contributed by atoms with Crippen molar-refractivity contribution in [2.24, 2.45) is 0 Å². The Morgan fingerprint density at radius 2 is 2.05 bits per heavy atom. The van der Waals surface area contributed by atoms with Crippen molar-refractivity contribution in [3.63, 3.8) is 0 Å². The summed E-state index contributed by atoms with van der Waals surface area (Å²) in [7, 11) is 0. The third-order valence-corrected chi connectivity index (χ3v) is 4.08. The second kappa shape index (κ2) is 4.14. The SMILES string of the molecule is CC(C)c1nnc2sc(-c3cc4ccccc4o3)nn12. The minimum Gasteiger partial charge on any atom is -0.453 e. The molecule has 4 aromatic rings. The van der Waals surface area contributed by atoms with Gasteiger partial charge in [0.15, 0.2) is 16.6 Å². The van der Waals surface area contributed by atoms with Crippen LogP contribution in [-0.2, 0) is 0 Å². The zero-order valence-corrected chi connectivity index (χ0v) is 11.9. The molecule has 0 spiro atoms. The van der Waals surface area contributed by atoms with Gasteiger partial charge in [0.05, 0.1) is 0 Å². The predicted molar refractivity (Wildman–Crippen MR) is 78.0 cm³/mol. The Morgan fingerprint density at radius 1 is 1.20 bits per heavy atom. The molecule has 0 saturated heterocycles. The van der Waals surface area contributed by atoms with E-state index in [4.69, 9.17) is 4.42 Å². The van der Waals surface area contributed by atoms with Gasteiger partial charge in [-0.3, -0.25) is 0 Å². The molecule has 3 aromatic heterocycles. The molecule has 1 aromatic carbocycles. The van der Waals surface area contributed by atoms with E-state index < -0.39 is 0 Å². The van der Waals surface area contributed by atoms with Crippen LogP contribution in [-0.4, -0.2) is 19.8 Å². The standard InChI is InChI=1S/C14H12N4OS/c1-8(2)12-15-16-14-18(12)17-13(20-14)11-7-9-5-3-4-6-10(9)19-11/h3-8H,1-2H3. The van der Waals surface area contributed by atoms with Crippen LogP contribution >= 0.6 is 11.3 Å². The van der Waals surface area contributed by atoms with Crippen molar-refractivity contribution < 1.29 is 4.42 Å². The Labute approximate surface area is 118 Å². The minimum absolute atomic E-state index is 0.288. The number of nitrogens with zero attached hydrogens (tertiary/aromatic N) is 4. The van der Waals surface area contributed by atoms with E-state index in [0.29, 0.717) is 0 Å². The first-order valence-corrected chi connectivity index (χ1v) is 7.25. The van der Waals surface area contributed by atoms with Crippen molar-refractivity contribution in [2.75, 3.05) is 0 Å². The molecule has 6 heteroatoms. The molecule has 5 nitrogen and oxygen atoms in total. The molecular formula is C14H12N4OS. The van der Waals surface area contributed by atoms with Gasteiger partial charge in [-0.15, -0.1) is 15.3 Å². The van der Waals surface area contributed by atoms with Crippen molar-refractivity contribution in [3.8, 4) is 10.8 Å². The van der Waals surface area contributed by atoms with Gasteiger partial charge in [0.1, 0.15) is 5.58 Å². The quantitative estimate of drug-likeness (QED) is 0.563. The fourth-order valence-electron chi connectivity index (χ4n) is 2.18. The molecule has 0 atom stereocenters. The number of para-hydroxylation sites is 1. The van der Waals surface area contributed by atoms with E-state index in [1.54, 1.807) is 4.52 Å². The molecule has 0 saturated carbocycles. The summed E-state index contributed by atoms with van der Waals surface area (Å²) in [4.78, 5) is 0.796.